The van der Waals surface area contributed by atoms with Gasteiger partial charge in [-0.25, -0.2) is 4.98 Å². The molecular formula is C13H16N2OS. The van der Waals surface area contributed by atoms with E-state index in [0.717, 1.165) is 28.6 Å². The zero-order chi connectivity index (χ0) is 12.3. The third-order valence-electron chi connectivity index (χ3n) is 2.66. The number of para-hydroxylation sites is 1. The van der Waals surface area contributed by atoms with Gasteiger partial charge < -0.3 is 10.5 Å². The average Bonchev–Trinajstić information content (AvgIpc) is 2.61. The molecule has 0 saturated carbocycles. The highest BCUT2D eigenvalue weighted by Gasteiger charge is 2.04. The molecule has 0 radical (unpaired) electrons. The van der Waals surface area contributed by atoms with E-state index < -0.39 is 0 Å². The van der Waals surface area contributed by atoms with Gasteiger partial charge in [0.05, 0.1) is 12.3 Å². The van der Waals surface area contributed by atoms with Gasteiger partial charge in [-0.2, -0.15) is 0 Å². The molecule has 0 fully saturated rings. The van der Waals surface area contributed by atoms with Crippen LogP contribution in [0.1, 0.15) is 16.1 Å². The topological polar surface area (TPSA) is 48.1 Å². The molecule has 4 heteroatoms. The molecule has 2 rings (SSSR count). The van der Waals surface area contributed by atoms with Gasteiger partial charge in [0.2, 0.25) is 0 Å². The summed E-state index contributed by atoms with van der Waals surface area (Å²) in [6.07, 6.45) is 0.810. The van der Waals surface area contributed by atoms with Gasteiger partial charge in [-0.15, -0.1) is 0 Å². The van der Waals surface area contributed by atoms with Crippen molar-refractivity contribution < 1.29 is 4.74 Å². The van der Waals surface area contributed by atoms with Crippen molar-refractivity contribution in [3.05, 3.63) is 40.4 Å². The molecule has 2 N–H and O–H groups in total. The fraction of sp³-hybridized carbons (Fsp3) is 0.308. The quantitative estimate of drug-likeness (QED) is 0.846. The number of nitrogen functional groups attached to an aromatic ring is 1. The summed E-state index contributed by atoms with van der Waals surface area (Å²) < 4.78 is 5.62. The second kappa shape index (κ2) is 5.19. The van der Waals surface area contributed by atoms with Crippen LogP contribution in [0, 0.1) is 13.8 Å². The van der Waals surface area contributed by atoms with Gasteiger partial charge in [0, 0.05) is 17.0 Å². The van der Waals surface area contributed by atoms with Crippen LogP contribution in [0.15, 0.2) is 24.3 Å². The first-order valence-corrected chi connectivity index (χ1v) is 6.38. The van der Waals surface area contributed by atoms with Crippen LogP contribution >= 0.6 is 11.3 Å². The minimum atomic E-state index is 0.612. The third kappa shape index (κ3) is 2.97. The van der Waals surface area contributed by atoms with E-state index in [-0.39, 0.29) is 0 Å². The zero-order valence-corrected chi connectivity index (χ0v) is 10.9. The lowest BCUT2D eigenvalue weighted by molar-refractivity contribution is 0.320. The van der Waals surface area contributed by atoms with Gasteiger partial charge in [0.25, 0.3) is 5.19 Å². The van der Waals surface area contributed by atoms with Gasteiger partial charge in [-0.1, -0.05) is 29.5 Å². The van der Waals surface area contributed by atoms with Gasteiger partial charge in [-0.3, -0.25) is 0 Å². The number of ether oxygens (including phenoxy) is 1. The van der Waals surface area contributed by atoms with Crippen molar-refractivity contribution in [3.8, 4) is 5.19 Å². The summed E-state index contributed by atoms with van der Waals surface area (Å²) >= 11 is 1.59. The molecule has 3 nitrogen and oxygen atoms in total. The zero-order valence-electron chi connectivity index (χ0n) is 10.1. The van der Waals surface area contributed by atoms with Crippen molar-refractivity contribution in [2.45, 2.75) is 20.3 Å². The van der Waals surface area contributed by atoms with Crippen LogP contribution in [0.3, 0.4) is 0 Å². The van der Waals surface area contributed by atoms with Crippen molar-refractivity contribution in [1.82, 2.24) is 4.98 Å². The van der Waals surface area contributed by atoms with E-state index in [1.54, 1.807) is 11.3 Å². The van der Waals surface area contributed by atoms with Gasteiger partial charge in [0.1, 0.15) is 0 Å². The maximum Gasteiger partial charge on any atom is 0.273 e. The van der Waals surface area contributed by atoms with Crippen molar-refractivity contribution in [3.63, 3.8) is 0 Å². The molecular weight excluding hydrogens is 232 g/mol. The Morgan fingerprint density at radius 3 is 2.71 bits per heavy atom. The summed E-state index contributed by atoms with van der Waals surface area (Å²) in [5.41, 5.74) is 8.85. The second-order valence-electron chi connectivity index (χ2n) is 3.92. The first kappa shape index (κ1) is 11.9. The molecule has 0 spiro atoms. The van der Waals surface area contributed by atoms with Crippen LogP contribution in [0.2, 0.25) is 0 Å². The Kier molecular flexibility index (Phi) is 3.64. The number of benzene rings is 1. The van der Waals surface area contributed by atoms with Crippen LogP contribution < -0.4 is 10.5 Å². The number of rotatable bonds is 4. The highest BCUT2D eigenvalue weighted by atomic mass is 32.1. The van der Waals surface area contributed by atoms with Crippen molar-refractivity contribution in [1.29, 1.82) is 0 Å². The second-order valence-corrected chi connectivity index (χ2v) is 5.08. The number of anilines is 1. The molecule has 90 valence electrons. The molecule has 0 bridgehead atoms. The Balaban J connectivity index is 1.90. The predicted molar refractivity (Wildman–Crippen MR) is 71.6 cm³/mol. The molecule has 0 aliphatic carbocycles. The normalized spacial score (nSPS) is 10.5. The molecule has 1 heterocycles. The van der Waals surface area contributed by atoms with Crippen molar-refractivity contribution in [2.24, 2.45) is 0 Å². The number of nitrogens with zero attached hydrogens (tertiary/aromatic N) is 1. The summed E-state index contributed by atoms with van der Waals surface area (Å²) in [5.74, 6) is 0. The maximum absolute atomic E-state index is 5.86. The highest BCUT2D eigenvalue weighted by molar-refractivity contribution is 7.13. The summed E-state index contributed by atoms with van der Waals surface area (Å²) in [5, 5.41) is 0.745. The SMILES string of the molecule is Cc1nc(OCCc2ccccc2N)sc1C. The Bertz CT molecular complexity index is 488. The first-order valence-electron chi connectivity index (χ1n) is 5.57. The third-order valence-corrected chi connectivity index (χ3v) is 3.65. The van der Waals surface area contributed by atoms with E-state index in [1.807, 2.05) is 31.2 Å². The Morgan fingerprint density at radius 1 is 1.29 bits per heavy atom. The highest BCUT2D eigenvalue weighted by Crippen LogP contribution is 2.23. The Morgan fingerprint density at radius 2 is 2.06 bits per heavy atom. The minimum absolute atomic E-state index is 0.612. The molecule has 1 aromatic carbocycles. The number of aryl methyl sites for hydroxylation is 2. The standard InChI is InChI=1S/C13H16N2OS/c1-9-10(2)17-13(15-9)16-8-7-11-5-3-4-6-12(11)14/h3-6H,7-8,14H2,1-2H3. The smallest absolute Gasteiger partial charge is 0.273 e. The number of hydrogen-bond acceptors (Lipinski definition) is 4. The molecule has 1 aromatic heterocycles. The van der Waals surface area contributed by atoms with Crippen LogP contribution in [-0.2, 0) is 6.42 Å². The summed E-state index contributed by atoms with van der Waals surface area (Å²) in [7, 11) is 0. The fourth-order valence-corrected chi connectivity index (χ4v) is 2.30. The minimum Gasteiger partial charge on any atom is -0.470 e. The average molecular weight is 248 g/mol. The van der Waals surface area contributed by atoms with E-state index >= 15 is 0 Å². The largest absolute Gasteiger partial charge is 0.470 e. The van der Waals surface area contributed by atoms with Gasteiger partial charge >= 0.3 is 0 Å². The van der Waals surface area contributed by atoms with Gasteiger partial charge in [0.15, 0.2) is 0 Å². The molecule has 17 heavy (non-hydrogen) atoms. The number of hydrogen-bond donors (Lipinski definition) is 1. The molecule has 0 saturated heterocycles. The van der Waals surface area contributed by atoms with Crippen molar-refractivity contribution >= 4 is 17.0 Å². The summed E-state index contributed by atoms with van der Waals surface area (Å²) in [6.45, 7) is 4.66. The van der Waals surface area contributed by atoms with Crippen LogP contribution in [0.25, 0.3) is 0 Å². The first-order chi connectivity index (χ1) is 8.16. The fourth-order valence-electron chi connectivity index (χ4n) is 1.52. The van der Waals surface area contributed by atoms with Crippen LogP contribution in [0.4, 0.5) is 5.69 Å². The molecule has 0 aliphatic rings. The molecule has 2 aromatic rings. The number of thiazole rings is 1. The lowest BCUT2D eigenvalue weighted by atomic mass is 10.1. The van der Waals surface area contributed by atoms with E-state index in [4.69, 9.17) is 10.5 Å². The molecule has 0 amide bonds. The lowest BCUT2D eigenvalue weighted by Crippen LogP contribution is -2.03. The summed E-state index contributed by atoms with van der Waals surface area (Å²) in [4.78, 5) is 5.54. The van der Waals surface area contributed by atoms with Gasteiger partial charge in [-0.05, 0) is 25.5 Å². The van der Waals surface area contributed by atoms with Crippen LogP contribution in [-0.4, -0.2) is 11.6 Å². The van der Waals surface area contributed by atoms with E-state index in [2.05, 4.69) is 11.9 Å². The molecule has 0 atom stereocenters. The number of nitrogens with two attached hydrogens (primary N) is 1. The Hall–Kier alpha value is -1.55. The summed E-state index contributed by atoms with van der Waals surface area (Å²) in [6, 6.07) is 7.86. The van der Waals surface area contributed by atoms with E-state index in [0.29, 0.717) is 6.61 Å². The van der Waals surface area contributed by atoms with E-state index in [1.165, 1.54) is 4.88 Å². The monoisotopic (exact) mass is 248 g/mol. The lowest BCUT2D eigenvalue weighted by Gasteiger charge is -2.05. The number of aromatic nitrogens is 1. The van der Waals surface area contributed by atoms with Crippen LogP contribution in [0.5, 0.6) is 5.19 Å². The van der Waals surface area contributed by atoms with Crippen molar-refractivity contribution in [2.75, 3.05) is 12.3 Å². The molecule has 0 aliphatic heterocycles. The maximum atomic E-state index is 5.86. The van der Waals surface area contributed by atoms with E-state index in [9.17, 15) is 0 Å². The Labute approximate surface area is 105 Å². The molecule has 0 unspecified atom stereocenters. The predicted octanol–water partition coefficient (Wildman–Crippen LogP) is 2.96.